The Kier molecular flexibility index (Phi) is 7.54. The van der Waals surface area contributed by atoms with Gasteiger partial charge >= 0.3 is 0 Å². The largest absolute Gasteiger partial charge is 0.495 e. The Bertz CT molecular complexity index is 1050. The second kappa shape index (κ2) is 10.7. The van der Waals surface area contributed by atoms with Gasteiger partial charge in [0.15, 0.2) is 6.35 Å². The molecule has 1 aliphatic heterocycles. The summed E-state index contributed by atoms with van der Waals surface area (Å²) >= 11 is 0. The minimum atomic E-state index is -0.751. The number of aromatic nitrogens is 1. The first kappa shape index (κ1) is 26.1. The van der Waals surface area contributed by atoms with Crippen LogP contribution >= 0.6 is 0 Å². The van der Waals surface area contributed by atoms with Crippen LogP contribution in [0, 0.1) is 5.92 Å². The van der Waals surface area contributed by atoms with Crippen molar-refractivity contribution in [1.82, 2.24) is 19.7 Å². The van der Waals surface area contributed by atoms with Gasteiger partial charge in [-0.3, -0.25) is 19.5 Å². The highest BCUT2D eigenvalue weighted by atomic mass is 16.5. The second-order valence-corrected chi connectivity index (χ2v) is 11.3. The molecule has 200 valence electrons. The number of hydrogen-bond donors (Lipinski definition) is 2. The zero-order chi connectivity index (χ0) is 26.0. The molecule has 1 spiro atoms. The predicted molar refractivity (Wildman–Crippen MR) is 144 cm³/mol. The van der Waals surface area contributed by atoms with Gasteiger partial charge in [0.2, 0.25) is 5.91 Å². The molecule has 1 amide bonds. The van der Waals surface area contributed by atoms with E-state index in [2.05, 4.69) is 64.5 Å². The van der Waals surface area contributed by atoms with E-state index in [4.69, 9.17) is 4.74 Å². The van der Waals surface area contributed by atoms with E-state index < -0.39 is 6.35 Å². The van der Waals surface area contributed by atoms with Gasteiger partial charge in [-0.15, -0.1) is 0 Å². The maximum atomic E-state index is 13.0. The summed E-state index contributed by atoms with van der Waals surface area (Å²) in [7, 11) is 5.96. The average Bonchev–Trinajstić information content (AvgIpc) is 3.12. The Labute approximate surface area is 220 Å². The summed E-state index contributed by atoms with van der Waals surface area (Å²) in [6.45, 7) is 1.73. The van der Waals surface area contributed by atoms with Crippen molar-refractivity contribution >= 4 is 11.7 Å². The lowest BCUT2D eigenvalue weighted by Gasteiger charge is -2.52. The van der Waals surface area contributed by atoms with Crippen LogP contribution in [0.2, 0.25) is 0 Å². The summed E-state index contributed by atoms with van der Waals surface area (Å²) in [5.41, 5.74) is 1.23. The van der Waals surface area contributed by atoms with E-state index in [0.29, 0.717) is 24.0 Å². The number of carbonyl (C=O) groups excluding carboxylic acids is 1. The number of benzene rings is 1. The standard InChI is InChI=1S/C29H41N5O3/c1-32(2)29(23-10-5-4-6-11-23)16-14-28(15-17-29)21-33(27(36)34(28)19-22-8-7-9-22)20-26(35)31-25-13-12-24(37-3)18-30-25/h4-6,10-13,18,22,27,36H,7-9,14-17,19-21H2,1-3H3,(H,30,31,35)/t27?,28-,29+. The van der Waals surface area contributed by atoms with E-state index in [-0.39, 0.29) is 23.5 Å². The number of pyridine rings is 1. The van der Waals surface area contributed by atoms with Gasteiger partial charge in [-0.25, -0.2) is 4.98 Å². The van der Waals surface area contributed by atoms with Crippen LogP contribution in [0.5, 0.6) is 5.75 Å². The number of carbonyl (C=O) groups is 1. The van der Waals surface area contributed by atoms with Crippen LogP contribution in [-0.4, -0.2) is 83.4 Å². The third-order valence-corrected chi connectivity index (χ3v) is 9.15. The second-order valence-electron chi connectivity index (χ2n) is 11.3. The summed E-state index contributed by atoms with van der Waals surface area (Å²) in [5, 5.41) is 14.4. The van der Waals surface area contributed by atoms with Crippen molar-refractivity contribution in [3.63, 3.8) is 0 Å². The number of ether oxygens (including phenoxy) is 1. The van der Waals surface area contributed by atoms with E-state index >= 15 is 0 Å². The molecule has 2 N–H and O–H groups in total. The molecule has 3 fully saturated rings. The lowest BCUT2D eigenvalue weighted by atomic mass is 9.68. The third-order valence-electron chi connectivity index (χ3n) is 9.15. The highest BCUT2D eigenvalue weighted by Crippen LogP contribution is 2.50. The number of aliphatic hydroxyl groups excluding tert-OH is 1. The van der Waals surface area contributed by atoms with Crippen LogP contribution in [0.15, 0.2) is 48.7 Å². The highest BCUT2D eigenvalue weighted by molar-refractivity contribution is 5.91. The van der Waals surface area contributed by atoms with Crippen LogP contribution in [-0.2, 0) is 10.3 Å². The summed E-state index contributed by atoms with van der Waals surface area (Å²) in [4.78, 5) is 23.9. The lowest BCUT2D eigenvalue weighted by Crippen LogP contribution is -2.57. The Morgan fingerprint density at radius 2 is 1.86 bits per heavy atom. The number of rotatable bonds is 8. The van der Waals surface area contributed by atoms with Crippen molar-refractivity contribution in [2.75, 3.05) is 46.2 Å². The molecule has 8 nitrogen and oxygen atoms in total. The molecule has 1 atom stereocenters. The van der Waals surface area contributed by atoms with E-state index in [0.717, 1.165) is 32.2 Å². The SMILES string of the molecule is COc1ccc(NC(=O)CN2C[C@]3(CC[C@](c4ccccc4)(N(C)C)CC3)N(CC3CCC3)C2O)nc1. The van der Waals surface area contributed by atoms with Gasteiger partial charge in [0.25, 0.3) is 0 Å². The molecule has 2 heterocycles. The Hall–Kier alpha value is -2.52. The van der Waals surface area contributed by atoms with Gasteiger partial charge in [0.1, 0.15) is 11.6 Å². The van der Waals surface area contributed by atoms with E-state index in [1.54, 1.807) is 25.4 Å². The molecular weight excluding hydrogens is 466 g/mol. The van der Waals surface area contributed by atoms with Crippen molar-refractivity contribution < 1.29 is 14.6 Å². The van der Waals surface area contributed by atoms with Gasteiger partial charge in [-0.2, -0.15) is 0 Å². The zero-order valence-electron chi connectivity index (χ0n) is 22.4. The summed E-state index contributed by atoms with van der Waals surface area (Å²) in [6.07, 6.45) is 8.59. The molecule has 1 saturated heterocycles. The molecular formula is C29H41N5O3. The number of anilines is 1. The molecule has 1 unspecified atom stereocenters. The molecule has 1 aromatic heterocycles. The van der Waals surface area contributed by atoms with Crippen molar-refractivity contribution in [3.8, 4) is 5.75 Å². The quantitative estimate of drug-likeness (QED) is 0.566. The molecule has 3 aliphatic rings. The molecule has 37 heavy (non-hydrogen) atoms. The van der Waals surface area contributed by atoms with Crippen LogP contribution in [0.25, 0.3) is 0 Å². The zero-order valence-corrected chi connectivity index (χ0v) is 22.4. The molecule has 5 rings (SSSR count). The summed E-state index contributed by atoms with van der Waals surface area (Å²) in [5.74, 6) is 1.60. The number of nitrogens with one attached hydrogen (secondary N) is 1. The fourth-order valence-corrected chi connectivity index (χ4v) is 6.63. The van der Waals surface area contributed by atoms with E-state index in [1.165, 1.54) is 24.8 Å². The van der Waals surface area contributed by atoms with Crippen LogP contribution in [0.4, 0.5) is 5.82 Å². The Morgan fingerprint density at radius 3 is 2.43 bits per heavy atom. The monoisotopic (exact) mass is 507 g/mol. The topological polar surface area (TPSA) is 81.2 Å². The van der Waals surface area contributed by atoms with Gasteiger partial charge in [0.05, 0.1) is 19.9 Å². The molecule has 8 heteroatoms. The summed E-state index contributed by atoms with van der Waals surface area (Å²) < 4.78 is 5.15. The maximum absolute atomic E-state index is 13.0. The molecule has 2 saturated carbocycles. The third kappa shape index (κ3) is 5.12. The first-order valence-electron chi connectivity index (χ1n) is 13.6. The smallest absolute Gasteiger partial charge is 0.239 e. The normalized spacial score (nSPS) is 28.9. The first-order chi connectivity index (χ1) is 17.8. The number of methoxy groups -OCH3 is 1. The number of hydrogen-bond acceptors (Lipinski definition) is 7. The van der Waals surface area contributed by atoms with Crippen LogP contribution < -0.4 is 10.1 Å². The van der Waals surface area contributed by atoms with Crippen LogP contribution in [0.3, 0.4) is 0 Å². The van der Waals surface area contributed by atoms with Crippen LogP contribution in [0.1, 0.15) is 50.5 Å². The minimum Gasteiger partial charge on any atom is -0.495 e. The molecule has 2 aromatic rings. The van der Waals surface area contributed by atoms with Crippen molar-refractivity contribution in [3.05, 3.63) is 54.2 Å². The van der Waals surface area contributed by atoms with E-state index in [9.17, 15) is 9.90 Å². The Balaban J connectivity index is 1.32. The van der Waals surface area contributed by atoms with Crippen molar-refractivity contribution in [2.24, 2.45) is 5.92 Å². The van der Waals surface area contributed by atoms with Gasteiger partial charge in [-0.1, -0.05) is 36.8 Å². The fourth-order valence-electron chi connectivity index (χ4n) is 6.63. The molecule has 0 bridgehead atoms. The minimum absolute atomic E-state index is 0.00949. The molecule has 1 aromatic carbocycles. The fraction of sp³-hybridized carbons (Fsp3) is 0.586. The first-order valence-corrected chi connectivity index (χ1v) is 13.6. The Morgan fingerprint density at radius 1 is 1.14 bits per heavy atom. The van der Waals surface area contributed by atoms with Gasteiger partial charge < -0.3 is 15.2 Å². The summed E-state index contributed by atoms with van der Waals surface area (Å²) in [6, 6.07) is 14.3. The van der Waals surface area contributed by atoms with Crippen molar-refractivity contribution in [1.29, 1.82) is 0 Å². The van der Waals surface area contributed by atoms with Gasteiger partial charge in [-0.05, 0) is 76.2 Å². The number of aliphatic hydroxyl groups is 1. The van der Waals surface area contributed by atoms with Crippen molar-refractivity contribution in [2.45, 2.75) is 62.4 Å². The van der Waals surface area contributed by atoms with E-state index in [1.807, 2.05) is 4.90 Å². The number of nitrogens with zero attached hydrogens (tertiary/aromatic N) is 4. The highest BCUT2D eigenvalue weighted by Gasteiger charge is 2.55. The maximum Gasteiger partial charge on any atom is 0.239 e. The lowest BCUT2D eigenvalue weighted by molar-refractivity contribution is -0.126. The number of amides is 1. The average molecular weight is 508 g/mol. The molecule has 0 radical (unpaired) electrons. The van der Waals surface area contributed by atoms with Gasteiger partial charge in [0, 0.05) is 24.2 Å². The molecule has 2 aliphatic carbocycles. The predicted octanol–water partition coefficient (Wildman–Crippen LogP) is 3.49.